The SMILES string of the molecule is O=C(/C=C/c1c(Cl)cccc1Cl)c1ccc(F)cc1. The molecule has 0 amide bonds. The van der Waals surface area contributed by atoms with Crippen molar-refractivity contribution < 1.29 is 9.18 Å². The highest BCUT2D eigenvalue weighted by molar-refractivity contribution is 6.37. The molecule has 96 valence electrons. The third-order valence-corrected chi connectivity index (χ3v) is 3.19. The Morgan fingerprint density at radius 3 is 2.16 bits per heavy atom. The van der Waals surface area contributed by atoms with E-state index in [9.17, 15) is 9.18 Å². The number of hydrogen-bond acceptors (Lipinski definition) is 1. The smallest absolute Gasteiger partial charge is 0.185 e. The maximum absolute atomic E-state index is 12.7. The molecule has 0 aromatic heterocycles. The van der Waals surface area contributed by atoms with Gasteiger partial charge in [-0.3, -0.25) is 4.79 Å². The lowest BCUT2D eigenvalue weighted by molar-refractivity contribution is 0.104. The van der Waals surface area contributed by atoms with Crippen molar-refractivity contribution in [2.75, 3.05) is 0 Å². The Kier molecular flexibility index (Phi) is 4.35. The largest absolute Gasteiger partial charge is 0.289 e. The normalized spacial score (nSPS) is 10.9. The minimum Gasteiger partial charge on any atom is -0.289 e. The molecule has 0 bridgehead atoms. The standard InChI is InChI=1S/C15H9Cl2FO/c16-13-2-1-3-14(17)12(13)8-9-15(19)10-4-6-11(18)7-5-10/h1-9H/b9-8+. The van der Waals surface area contributed by atoms with Crippen LogP contribution >= 0.6 is 23.2 Å². The van der Waals surface area contributed by atoms with Gasteiger partial charge in [0.1, 0.15) is 5.82 Å². The Hall–Kier alpha value is -1.64. The highest BCUT2D eigenvalue weighted by atomic mass is 35.5. The first-order valence-corrected chi connectivity index (χ1v) is 6.25. The summed E-state index contributed by atoms with van der Waals surface area (Å²) in [5, 5.41) is 0.936. The third-order valence-electron chi connectivity index (χ3n) is 2.53. The van der Waals surface area contributed by atoms with Crippen LogP contribution in [0.1, 0.15) is 15.9 Å². The predicted molar refractivity (Wildman–Crippen MR) is 76.2 cm³/mol. The van der Waals surface area contributed by atoms with Crippen LogP contribution in [0.25, 0.3) is 6.08 Å². The number of ketones is 1. The molecule has 0 saturated carbocycles. The van der Waals surface area contributed by atoms with Gasteiger partial charge in [-0.15, -0.1) is 0 Å². The summed E-state index contributed by atoms with van der Waals surface area (Å²) in [7, 11) is 0. The quantitative estimate of drug-likeness (QED) is 0.573. The number of halogens is 3. The molecule has 4 heteroatoms. The van der Waals surface area contributed by atoms with Gasteiger partial charge in [-0.1, -0.05) is 29.3 Å². The maximum atomic E-state index is 12.7. The summed E-state index contributed by atoms with van der Waals surface area (Å²) >= 11 is 12.0. The van der Waals surface area contributed by atoms with Gasteiger partial charge in [-0.2, -0.15) is 0 Å². The monoisotopic (exact) mass is 294 g/mol. The topological polar surface area (TPSA) is 17.1 Å². The van der Waals surface area contributed by atoms with E-state index in [-0.39, 0.29) is 11.6 Å². The minimum absolute atomic E-state index is 0.240. The van der Waals surface area contributed by atoms with Crippen LogP contribution in [-0.4, -0.2) is 5.78 Å². The van der Waals surface area contributed by atoms with Gasteiger partial charge in [0.2, 0.25) is 0 Å². The van der Waals surface area contributed by atoms with Crippen LogP contribution < -0.4 is 0 Å². The second-order valence-corrected chi connectivity index (χ2v) is 4.65. The number of hydrogen-bond donors (Lipinski definition) is 0. The van der Waals surface area contributed by atoms with E-state index in [0.29, 0.717) is 21.2 Å². The van der Waals surface area contributed by atoms with Crippen LogP contribution in [0.4, 0.5) is 4.39 Å². The van der Waals surface area contributed by atoms with Gasteiger partial charge < -0.3 is 0 Å². The fourth-order valence-electron chi connectivity index (χ4n) is 1.54. The second kappa shape index (κ2) is 6.00. The summed E-state index contributed by atoms with van der Waals surface area (Å²) in [6.07, 6.45) is 2.91. The van der Waals surface area contributed by atoms with E-state index >= 15 is 0 Å². The van der Waals surface area contributed by atoms with E-state index in [0.717, 1.165) is 0 Å². The minimum atomic E-state index is -0.380. The van der Waals surface area contributed by atoms with Crippen molar-refractivity contribution >= 4 is 35.1 Å². The van der Waals surface area contributed by atoms with E-state index in [1.165, 1.54) is 30.3 Å². The van der Waals surface area contributed by atoms with Crippen molar-refractivity contribution in [3.8, 4) is 0 Å². The molecular formula is C15H9Cl2FO. The molecule has 0 spiro atoms. The number of rotatable bonds is 3. The fourth-order valence-corrected chi connectivity index (χ4v) is 2.06. The highest BCUT2D eigenvalue weighted by Crippen LogP contribution is 2.25. The Bertz CT molecular complexity index is 613. The van der Waals surface area contributed by atoms with E-state index in [2.05, 4.69) is 0 Å². The first kappa shape index (κ1) is 13.8. The van der Waals surface area contributed by atoms with Gasteiger partial charge in [0.25, 0.3) is 0 Å². The number of allylic oxidation sites excluding steroid dienone is 1. The lowest BCUT2D eigenvalue weighted by Gasteiger charge is -2.00. The molecule has 0 aliphatic carbocycles. The van der Waals surface area contributed by atoms with Gasteiger partial charge in [0, 0.05) is 21.2 Å². The molecule has 2 aromatic rings. The molecule has 1 nitrogen and oxygen atoms in total. The summed E-state index contributed by atoms with van der Waals surface area (Å²) in [6.45, 7) is 0. The predicted octanol–water partition coefficient (Wildman–Crippen LogP) is 5.03. The molecule has 0 N–H and O–H groups in total. The average Bonchev–Trinajstić information content (AvgIpc) is 2.38. The van der Waals surface area contributed by atoms with Crippen LogP contribution in [0.3, 0.4) is 0 Å². The molecule has 0 aliphatic rings. The van der Waals surface area contributed by atoms with Gasteiger partial charge >= 0.3 is 0 Å². The summed E-state index contributed by atoms with van der Waals surface area (Å²) in [5.74, 6) is -0.620. The van der Waals surface area contributed by atoms with E-state index in [4.69, 9.17) is 23.2 Å². The first-order chi connectivity index (χ1) is 9.08. The van der Waals surface area contributed by atoms with E-state index < -0.39 is 0 Å². The van der Waals surface area contributed by atoms with Gasteiger partial charge in [0.05, 0.1) is 0 Å². The highest BCUT2D eigenvalue weighted by Gasteiger charge is 2.04. The molecule has 19 heavy (non-hydrogen) atoms. The van der Waals surface area contributed by atoms with Crippen LogP contribution in [-0.2, 0) is 0 Å². The molecule has 0 atom stereocenters. The Labute approximate surface area is 120 Å². The number of carbonyl (C=O) groups excluding carboxylic acids is 1. The van der Waals surface area contributed by atoms with Crippen LogP contribution in [0.15, 0.2) is 48.5 Å². The number of benzene rings is 2. The molecule has 2 rings (SSSR count). The number of carbonyl (C=O) groups is 1. The molecule has 0 unspecified atom stereocenters. The summed E-state index contributed by atoms with van der Waals surface area (Å²) in [5.41, 5.74) is 0.988. The second-order valence-electron chi connectivity index (χ2n) is 3.84. The van der Waals surface area contributed by atoms with Crippen molar-refractivity contribution in [1.29, 1.82) is 0 Å². The molecular weight excluding hydrogens is 286 g/mol. The van der Waals surface area contributed by atoms with Crippen molar-refractivity contribution in [2.45, 2.75) is 0 Å². The van der Waals surface area contributed by atoms with Crippen LogP contribution in [0.5, 0.6) is 0 Å². The van der Waals surface area contributed by atoms with E-state index in [1.807, 2.05) is 0 Å². The maximum Gasteiger partial charge on any atom is 0.185 e. The summed E-state index contributed by atoms with van der Waals surface area (Å²) in [6, 6.07) is 10.4. The van der Waals surface area contributed by atoms with Crippen LogP contribution in [0.2, 0.25) is 10.0 Å². The molecule has 0 radical (unpaired) electrons. The lowest BCUT2D eigenvalue weighted by Crippen LogP contribution is -1.94. The Balaban J connectivity index is 2.23. The summed E-state index contributed by atoms with van der Waals surface area (Å²) in [4.78, 5) is 11.9. The average molecular weight is 295 g/mol. The molecule has 0 aliphatic heterocycles. The van der Waals surface area contributed by atoms with Crippen molar-refractivity contribution in [2.24, 2.45) is 0 Å². The van der Waals surface area contributed by atoms with Crippen molar-refractivity contribution in [3.63, 3.8) is 0 Å². The first-order valence-electron chi connectivity index (χ1n) is 5.50. The zero-order chi connectivity index (χ0) is 13.8. The molecule has 2 aromatic carbocycles. The third kappa shape index (κ3) is 3.43. The zero-order valence-corrected chi connectivity index (χ0v) is 11.3. The zero-order valence-electron chi connectivity index (χ0n) is 9.74. The molecule has 0 saturated heterocycles. The Morgan fingerprint density at radius 1 is 1.00 bits per heavy atom. The van der Waals surface area contributed by atoms with Gasteiger partial charge in [0.15, 0.2) is 5.78 Å². The van der Waals surface area contributed by atoms with E-state index in [1.54, 1.807) is 24.3 Å². The van der Waals surface area contributed by atoms with Crippen molar-refractivity contribution in [1.82, 2.24) is 0 Å². The van der Waals surface area contributed by atoms with Crippen LogP contribution in [0, 0.1) is 5.82 Å². The van der Waals surface area contributed by atoms with Gasteiger partial charge in [-0.25, -0.2) is 4.39 Å². The Morgan fingerprint density at radius 2 is 1.58 bits per heavy atom. The fraction of sp³-hybridized carbons (Fsp3) is 0. The van der Waals surface area contributed by atoms with Gasteiger partial charge in [-0.05, 0) is 48.6 Å². The summed E-state index contributed by atoms with van der Waals surface area (Å²) < 4.78 is 12.7. The molecule has 0 heterocycles. The lowest BCUT2D eigenvalue weighted by atomic mass is 10.1. The molecule has 0 fully saturated rings. The van der Waals surface area contributed by atoms with Crippen molar-refractivity contribution in [3.05, 3.63) is 75.5 Å².